The van der Waals surface area contributed by atoms with Crippen molar-refractivity contribution in [3.8, 4) is 0 Å². The molecule has 0 aliphatic heterocycles. The summed E-state index contributed by atoms with van der Waals surface area (Å²) in [6.07, 6.45) is 0. The number of anilines is 1. The van der Waals surface area contributed by atoms with Gasteiger partial charge in [0.1, 0.15) is 0 Å². The maximum Gasteiger partial charge on any atom is 0.0425 e. The molecule has 14 heavy (non-hydrogen) atoms. The van der Waals surface area contributed by atoms with E-state index in [2.05, 4.69) is 57.8 Å². The van der Waals surface area contributed by atoms with Crippen LogP contribution in [-0.2, 0) is 0 Å². The number of halogens is 1. The summed E-state index contributed by atoms with van der Waals surface area (Å²) in [4.78, 5) is 2.32. The molecule has 0 fully saturated rings. The number of para-hydroxylation sites is 1. The Bertz CT molecular complexity index is 274. The summed E-state index contributed by atoms with van der Waals surface area (Å²) >= 11 is 0. The van der Waals surface area contributed by atoms with E-state index >= 15 is 0 Å². The lowest BCUT2D eigenvalue weighted by Crippen LogP contribution is -2.27. The van der Waals surface area contributed by atoms with Gasteiger partial charge in [-0.1, -0.05) is 18.2 Å². The van der Waals surface area contributed by atoms with Gasteiger partial charge in [-0.2, -0.15) is 0 Å². The molecule has 0 radical (unpaired) electrons. The average molecular weight is 214 g/mol. The third kappa shape index (κ3) is 2.65. The van der Waals surface area contributed by atoms with Crippen LogP contribution in [0.25, 0.3) is 0 Å². The highest BCUT2D eigenvalue weighted by molar-refractivity contribution is 5.85. The minimum absolute atomic E-state index is 0. The zero-order chi connectivity index (χ0) is 10.0. The normalized spacial score (nSPS) is 9.86. The van der Waals surface area contributed by atoms with Crippen LogP contribution in [0.5, 0.6) is 0 Å². The van der Waals surface area contributed by atoms with Crippen LogP contribution in [0, 0.1) is 13.8 Å². The Morgan fingerprint density at radius 3 is 1.86 bits per heavy atom. The maximum atomic E-state index is 2.32. The summed E-state index contributed by atoms with van der Waals surface area (Å²) in [5.41, 5.74) is 4.09. The second-order valence-corrected chi connectivity index (χ2v) is 3.95. The quantitative estimate of drug-likeness (QED) is 0.726. The molecule has 0 saturated heterocycles. The van der Waals surface area contributed by atoms with Crippen LogP contribution in [-0.4, -0.2) is 13.1 Å². The van der Waals surface area contributed by atoms with Gasteiger partial charge >= 0.3 is 0 Å². The minimum Gasteiger partial charge on any atom is -0.372 e. The molecule has 2 heteroatoms. The second-order valence-electron chi connectivity index (χ2n) is 3.95. The van der Waals surface area contributed by atoms with Crippen molar-refractivity contribution < 1.29 is 0 Å². The number of rotatable bonds is 2. The number of benzene rings is 1. The second kappa shape index (κ2) is 5.26. The Hall–Kier alpha value is -0.690. The van der Waals surface area contributed by atoms with E-state index in [-0.39, 0.29) is 12.4 Å². The van der Waals surface area contributed by atoms with Gasteiger partial charge in [0.2, 0.25) is 0 Å². The van der Waals surface area contributed by atoms with Gasteiger partial charge in [-0.15, -0.1) is 12.4 Å². The predicted molar refractivity (Wildman–Crippen MR) is 66.7 cm³/mol. The predicted octanol–water partition coefficient (Wildman–Crippen LogP) is 3.57. The van der Waals surface area contributed by atoms with Crippen molar-refractivity contribution in [2.45, 2.75) is 33.7 Å². The topological polar surface area (TPSA) is 3.24 Å². The molecule has 0 aliphatic rings. The van der Waals surface area contributed by atoms with Crippen molar-refractivity contribution >= 4 is 18.1 Å². The average Bonchev–Trinajstić information content (AvgIpc) is 2.03. The molecule has 80 valence electrons. The molecule has 1 aromatic carbocycles. The van der Waals surface area contributed by atoms with E-state index in [0.717, 1.165) is 0 Å². The van der Waals surface area contributed by atoms with Crippen molar-refractivity contribution in [2.75, 3.05) is 11.9 Å². The molecular weight excluding hydrogens is 194 g/mol. The molecule has 0 N–H and O–H groups in total. The molecule has 0 atom stereocenters. The molecule has 0 spiro atoms. The van der Waals surface area contributed by atoms with Gasteiger partial charge in [-0.3, -0.25) is 0 Å². The molecule has 0 aliphatic carbocycles. The van der Waals surface area contributed by atoms with Gasteiger partial charge < -0.3 is 4.90 Å². The summed E-state index contributed by atoms with van der Waals surface area (Å²) in [6, 6.07) is 7.00. The lowest BCUT2D eigenvalue weighted by Gasteiger charge is -2.27. The van der Waals surface area contributed by atoms with Gasteiger partial charge in [0.25, 0.3) is 0 Å². The van der Waals surface area contributed by atoms with Crippen molar-refractivity contribution in [1.29, 1.82) is 0 Å². The summed E-state index contributed by atoms with van der Waals surface area (Å²) in [5.74, 6) is 0. The first-order valence-electron chi connectivity index (χ1n) is 4.83. The molecule has 1 aromatic rings. The molecule has 0 aromatic heterocycles. The standard InChI is InChI=1S/C12H19N.ClH/c1-9(2)13(5)12-10(3)7-6-8-11(12)4;/h6-9H,1-5H3;1H. The monoisotopic (exact) mass is 213 g/mol. The van der Waals surface area contributed by atoms with Crippen LogP contribution >= 0.6 is 12.4 Å². The van der Waals surface area contributed by atoms with E-state index in [1.165, 1.54) is 16.8 Å². The maximum absolute atomic E-state index is 2.32. The van der Waals surface area contributed by atoms with E-state index in [1.54, 1.807) is 0 Å². The summed E-state index contributed by atoms with van der Waals surface area (Å²) < 4.78 is 0. The highest BCUT2D eigenvalue weighted by atomic mass is 35.5. The Balaban J connectivity index is 0.00000169. The Kier molecular flexibility index (Phi) is 5.00. The van der Waals surface area contributed by atoms with Crippen molar-refractivity contribution in [3.05, 3.63) is 29.3 Å². The fourth-order valence-corrected chi connectivity index (χ4v) is 1.62. The molecule has 1 rings (SSSR count). The Labute approximate surface area is 93.5 Å². The van der Waals surface area contributed by atoms with Crippen LogP contribution in [0.4, 0.5) is 5.69 Å². The van der Waals surface area contributed by atoms with Crippen LogP contribution in [0.1, 0.15) is 25.0 Å². The fraction of sp³-hybridized carbons (Fsp3) is 0.500. The van der Waals surface area contributed by atoms with E-state index in [1.807, 2.05) is 0 Å². The van der Waals surface area contributed by atoms with E-state index < -0.39 is 0 Å². The summed E-state index contributed by atoms with van der Waals surface area (Å²) in [5, 5.41) is 0. The zero-order valence-electron chi connectivity index (χ0n) is 9.66. The molecule has 0 amide bonds. The Morgan fingerprint density at radius 1 is 1.07 bits per heavy atom. The minimum atomic E-state index is 0. The first-order valence-corrected chi connectivity index (χ1v) is 4.83. The van der Waals surface area contributed by atoms with Gasteiger partial charge in [0.15, 0.2) is 0 Å². The van der Waals surface area contributed by atoms with E-state index in [4.69, 9.17) is 0 Å². The number of aryl methyl sites for hydroxylation is 2. The molecule has 0 bridgehead atoms. The lowest BCUT2D eigenvalue weighted by molar-refractivity contribution is 0.750. The van der Waals surface area contributed by atoms with Crippen LogP contribution in [0.2, 0.25) is 0 Å². The number of nitrogens with zero attached hydrogens (tertiary/aromatic N) is 1. The number of hydrogen-bond acceptors (Lipinski definition) is 1. The van der Waals surface area contributed by atoms with Crippen LogP contribution in [0.15, 0.2) is 18.2 Å². The van der Waals surface area contributed by atoms with Gasteiger partial charge in [0.05, 0.1) is 0 Å². The largest absolute Gasteiger partial charge is 0.372 e. The molecule has 1 nitrogen and oxygen atoms in total. The molecule has 0 heterocycles. The highest BCUT2D eigenvalue weighted by Gasteiger charge is 2.09. The Morgan fingerprint density at radius 2 is 1.50 bits per heavy atom. The molecule has 0 unspecified atom stereocenters. The third-order valence-electron chi connectivity index (χ3n) is 2.57. The molecule has 0 saturated carbocycles. The third-order valence-corrected chi connectivity index (χ3v) is 2.57. The van der Waals surface area contributed by atoms with Crippen LogP contribution < -0.4 is 4.90 Å². The van der Waals surface area contributed by atoms with E-state index in [0.29, 0.717) is 6.04 Å². The summed E-state index contributed by atoms with van der Waals surface area (Å²) in [7, 11) is 2.15. The highest BCUT2D eigenvalue weighted by Crippen LogP contribution is 2.24. The zero-order valence-corrected chi connectivity index (χ0v) is 10.5. The van der Waals surface area contributed by atoms with E-state index in [9.17, 15) is 0 Å². The van der Waals surface area contributed by atoms with Crippen molar-refractivity contribution in [1.82, 2.24) is 0 Å². The first-order chi connectivity index (χ1) is 6.04. The lowest BCUT2D eigenvalue weighted by atomic mass is 10.1. The van der Waals surface area contributed by atoms with Crippen molar-refractivity contribution in [3.63, 3.8) is 0 Å². The number of hydrogen-bond donors (Lipinski definition) is 0. The molecular formula is C12H20ClN. The van der Waals surface area contributed by atoms with Gasteiger partial charge in [-0.25, -0.2) is 0 Å². The summed E-state index contributed by atoms with van der Waals surface area (Å²) in [6.45, 7) is 8.76. The van der Waals surface area contributed by atoms with Gasteiger partial charge in [-0.05, 0) is 38.8 Å². The van der Waals surface area contributed by atoms with Gasteiger partial charge in [0, 0.05) is 18.8 Å². The smallest absolute Gasteiger partial charge is 0.0425 e. The van der Waals surface area contributed by atoms with Crippen molar-refractivity contribution in [2.24, 2.45) is 0 Å². The van der Waals surface area contributed by atoms with Crippen LogP contribution in [0.3, 0.4) is 0 Å². The first kappa shape index (κ1) is 13.3. The SMILES string of the molecule is Cc1cccc(C)c1N(C)C(C)C.Cl. The fourth-order valence-electron chi connectivity index (χ4n) is 1.62.